The van der Waals surface area contributed by atoms with Gasteiger partial charge in [0.25, 0.3) is 0 Å². The number of benzene rings is 1. The van der Waals surface area contributed by atoms with Gasteiger partial charge in [-0.3, -0.25) is 19.5 Å². The van der Waals surface area contributed by atoms with Crippen LogP contribution in [0.15, 0.2) is 42.6 Å². The fourth-order valence-corrected chi connectivity index (χ4v) is 4.75. The zero-order chi connectivity index (χ0) is 24.8. The molecule has 0 spiro atoms. The van der Waals surface area contributed by atoms with Gasteiger partial charge in [-0.2, -0.15) is 0 Å². The number of hydrogen-bond acceptors (Lipinski definition) is 4. The average Bonchev–Trinajstić information content (AvgIpc) is 3.17. The van der Waals surface area contributed by atoms with Crippen LogP contribution in [-0.4, -0.2) is 45.7 Å². The van der Waals surface area contributed by atoms with Crippen molar-refractivity contribution in [3.05, 3.63) is 70.8 Å². The maximum atomic E-state index is 13.5. The van der Waals surface area contributed by atoms with E-state index in [9.17, 15) is 9.59 Å². The molecule has 3 heterocycles. The third-order valence-electron chi connectivity index (χ3n) is 6.63. The Bertz CT molecular complexity index is 1290. The summed E-state index contributed by atoms with van der Waals surface area (Å²) in [5.74, 6) is 0.183. The smallest absolute Gasteiger partial charge is 0.187 e. The van der Waals surface area contributed by atoms with E-state index in [0.29, 0.717) is 29.7 Å². The lowest BCUT2D eigenvalue weighted by Gasteiger charge is -2.25. The second-order valence-corrected chi connectivity index (χ2v) is 9.22. The molecule has 0 bridgehead atoms. The second-order valence-electron chi connectivity index (χ2n) is 9.22. The Kier molecular flexibility index (Phi) is 7.89. The molecule has 0 saturated carbocycles. The quantitative estimate of drug-likeness (QED) is 0.209. The number of aromatic nitrogens is 2. The van der Waals surface area contributed by atoms with Crippen LogP contribution in [0.4, 0.5) is 5.69 Å². The molecule has 180 valence electrons. The summed E-state index contributed by atoms with van der Waals surface area (Å²) in [5, 5.41) is 0. The molecule has 0 atom stereocenters. The Labute approximate surface area is 207 Å². The van der Waals surface area contributed by atoms with Gasteiger partial charge in [-0.25, -0.2) is 4.85 Å². The first-order valence-electron chi connectivity index (χ1n) is 12.5. The van der Waals surface area contributed by atoms with Crippen molar-refractivity contribution >= 4 is 34.4 Å². The fraction of sp³-hybridized carbons (Fsp3) is 0.379. The third kappa shape index (κ3) is 5.58. The van der Waals surface area contributed by atoms with Gasteiger partial charge in [0.15, 0.2) is 17.3 Å². The number of allylic oxidation sites excluding steroid dienone is 1. The molecule has 1 saturated heterocycles. The lowest BCUT2D eigenvalue weighted by Crippen LogP contribution is -2.34. The van der Waals surface area contributed by atoms with E-state index in [1.54, 1.807) is 30.5 Å². The molecule has 2 aromatic heterocycles. The van der Waals surface area contributed by atoms with Gasteiger partial charge in [0.1, 0.15) is 0 Å². The minimum atomic E-state index is 0.0801. The molecule has 1 aliphatic heterocycles. The second kappa shape index (κ2) is 11.2. The van der Waals surface area contributed by atoms with Gasteiger partial charge >= 0.3 is 0 Å². The number of likely N-dealkylation sites (tertiary alicyclic amines) is 1. The number of rotatable bonds is 9. The molecule has 1 aromatic carbocycles. The molecule has 0 N–H and O–H groups in total. The molecule has 1 fully saturated rings. The highest BCUT2D eigenvalue weighted by molar-refractivity contribution is 6.09. The molecular weight excluding hydrogens is 436 g/mol. The number of hydrogen-bond donors (Lipinski definition) is 0. The van der Waals surface area contributed by atoms with Crippen molar-refractivity contribution in [2.45, 2.75) is 52.4 Å². The number of Topliss-reactive ketones (excluding diaryl/α,β-unsaturated/α-hetero) is 1. The number of fused-ring (bicyclic) bond motifs is 1. The standard InChI is InChI=1S/C29H32N4O2/c1-4-5-9-25(34)15-10-22-18-26-29(31-19-22)28(27(35)20-32-16-7-6-8-17-32)21(2)33(26)24-13-11-23(30-3)12-14-24/h10-15,18-19H,4-9,16-17,20H2,1-2H3/b15-10+. The minimum absolute atomic E-state index is 0.0801. The van der Waals surface area contributed by atoms with Crippen LogP contribution in [0.1, 0.15) is 67.1 Å². The maximum absolute atomic E-state index is 13.5. The Balaban J connectivity index is 1.76. The molecule has 0 aliphatic carbocycles. The van der Waals surface area contributed by atoms with Crippen LogP contribution in [0.5, 0.6) is 0 Å². The van der Waals surface area contributed by atoms with Crippen molar-refractivity contribution in [3.8, 4) is 5.69 Å². The molecule has 4 rings (SSSR count). The van der Waals surface area contributed by atoms with Gasteiger partial charge < -0.3 is 4.57 Å². The first kappa shape index (κ1) is 24.6. The van der Waals surface area contributed by atoms with Crippen LogP contribution in [0.3, 0.4) is 0 Å². The van der Waals surface area contributed by atoms with Crippen molar-refractivity contribution in [3.63, 3.8) is 0 Å². The molecule has 6 heteroatoms. The molecule has 0 radical (unpaired) electrons. The molecule has 6 nitrogen and oxygen atoms in total. The summed E-state index contributed by atoms with van der Waals surface area (Å²) in [6, 6.07) is 9.35. The predicted octanol–water partition coefficient (Wildman–Crippen LogP) is 6.33. The number of unbranched alkanes of at least 4 members (excludes halogenated alkanes) is 1. The van der Waals surface area contributed by atoms with Gasteiger partial charge in [-0.05, 0) is 75.2 Å². The number of carbonyl (C=O) groups is 2. The van der Waals surface area contributed by atoms with E-state index in [0.717, 1.165) is 61.2 Å². The van der Waals surface area contributed by atoms with Gasteiger partial charge in [0, 0.05) is 24.0 Å². The Morgan fingerprint density at radius 1 is 1.14 bits per heavy atom. The molecule has 35 heavy (non-hydrogen) atoms. The van der Waals surface area contributed by atoms with Crippen molar-refractivity contribution in [2.24, 2.45) is 0 Å². The van der Waals surface area contributed by atoms with Gasteiger partial charge in [0.2, 0.25) is 0 Å². The summed E-state index contributed by atoms with van der Waals surface area (Å²) < 4.78 is 2.04. The zero-order valence-electron chi connectivity index (χ0n) is 20.6. The minimum Gasteiger partial charge on any atom is -0.312 e. The highest BCUT2D eigenvalue weighted by atomic mass is 16.1. The zero-order valence-corrected chi connectivity index (χ0v) is 20.6. The summed E-state index contributed by atoms with van der Waals surface area (Å²) >= 11 is 0. The van der Waals surface area contributed by atoms with Crippen LogP contribution in [0.2, 0.25) is 0 Å². The summed E-state index contributed by atoms with van der Waals surface area (Å²) in [6.45, 7) is 13.6. The van der Waals surface area contributed by atoms with E-state index in [1.807, 2.05) is 29.7 Å². The highest BCUT2D eigenvalue weighted by Gasteiger charge is 2.24. The van der Waals surface area contributed by atoms with E-state index in [4.69, 9.17) is 11.6 Å². The van der Waals surface area contributed by atoms with E-state index in [-0.39, 0.29) is 11.6 Å². The largest absolute Gasteiger partial charge is 0.312 e. The van der Waals surface area contributed by atoms with Crippen molar-refractivity contribution in [1.82, 2.24) is 14.5 Å². The maximum Gasteiger partial charge on any atom is 0.187 e. The average molecular weight is 469 g/mol. The van der Waals surface area contributed by atoms with Crippen LogP contribution >= 0.6 is 0 Å². The number of nitrogens with zero attached hydrogens (tertiary/aromatic N) is 4. The van der Waals surface area contributed by atoms with E-state index >= 15 is 0 Å². The lowest BCUT2D eigenvalue weighted by molar-refractivity contribution is -0.114. The van der Waals surface area contributed by atoms with Gasteiger partial charge in [-0.15, -0.1) is 0 Å². The fourth-order valence-electron chi connectivity index (χ4n) is 4.75. The summed E-state index contributed by atoms with van der Waals surface area (Å²) in [7, 11) is 0. The Hall–Kier alpha value is -3.56. The summed E-state index contributed by atoms with van der Waals surface area (Å²) in [6.07, 6.45) is 11.0. The summed E-state index contributed by atoms with van der Waals surface area (Å²) in [4.78, 5) is 36.1. The molecule has 0 unspecified atom stereocenters. The number of pyridine rings is 1. The molecule has 3 aromatic rings. The molecular formula is C29H32N4O2. The number of ketones is 2. The third-order valence-corrected chi connectivity index (χ3v) is 6.63. The number of carbonyl (C=O) groups excluding carboxylic acids is 2. The van der Waals surface area contributed by atoms with Gasteiger partial charge in [0.05, 0.1) is 29.7 Å². The van der Waals surface area contributed by atoms with E-state index in [2.05, 4.69) is 16.7 Å². The highest BCUT2D eigenvalue weighted by Crippen LogP contribution is 2.30. The van der Waals surface area contributed by atoms with E-state index in [1.165, 1.54) is 6.42 Å². The van der Waals surface area contributed by atoms with E-state index < -0.39 is 0 Å². The monoisotopic (exact) mass is 468 g/mol. The van der Waals surface area contributed by atoms with Crippen LogP contribution in [0, 0.1) is 13.5 Å². The van der Waals surface area contributed by atoms with Crippen molar-refractivity contribution < 1.29 is 9.59 Å². The topological polar surface area (TPSA) is 59.6 Å². The van der Waals surface area contributed by atoms with Crippen molar-refractivity contribution in [1.29, 1.82) is 0 Å². The Morgan fingerprint density at radius 2 is 1.89 bits per heavy atom. The van der Waals surface area contributed by atoms with Crippen LogP contribution in [0.25, 0.3) is 27.6 Å². The SMILES string of the molecule is [C-]#[N+]c1ccc(-n2c(C)c(C(=O)CN3CCCCC3)c3ncc(/C=C/C(=O)CCCC)cc32)cc1. The molecule has 0 amide bonds. The first-order chi connectivity index (χ1) is 17.0. The number of piperidine rings is 1. The van der Waals surface area contributed by atoms with Crippen LogP contribution in [-0.2, 0) is 4.79 Å². The first-order valence-corrected chi connectivity index (χ1v) is 12.5. The predicted molar refractivity (Wildman–Crippen MR) is 140 cm³/mol. The molecule has 1 aliphatic rings. The Morgan fingerprint density at radius 3 is 2.57 bits per heavy atom. The summed E-state index contributed by atoms with van der Waals surface area (Å²) in [5.41, 5.74) is 5.24. The van der Waals surface area contributed by atoms with Gasteiger partial charge in [-0.1, -0.05) is 31.9 Å². The lowest BCUT2D eigenvalue weighted by atomic mass is 10.1. The van der Waals surface area contributed by atoms with Crippen LogP contribution < -0.4 is 0 Å². The normalized spacial score (nSPS) is 14.4. The van der Waals surface area contributed by atoms with Crippen molar-refractivity contribution in [2.75, 3.05) is 19.6 Å².